The van der Waals surface area contributed by atoms with Crippen LogP contribution in [0.15, 0.2) is 78.9 Å². The fourth-order valence-electron chi connectivity index (χ4n) is 3.09. The van der Waals surface area contributed by atoms with Gasteiger partial charge in [0, 0.05) is 23.1 Å². The summed E-state index contributed by atoms with van der Waals surface area (Å²) >= 11 is 0. The van der Waals surface area contributed by atoms with Gasteiger partial charge in [-0.3, -0.25) is 10.1 Å². The van der Waals surface area contributed by atoms with Gasteiger partial charge >= 0.3 is 0 Å². The molecular formula is C22H16N2O3. The van der Waals surface area contributed by atoms with Crippen molar-refractivity contribution in [2.24, 2.45) is 0 Å². The summed E-state index contributed by atoms with van der Waals surface area (Å²) in [5, 5.41) is 12.0. The van der Waals surface area contributed by atoms with Crippen LogP contribution in [0.4, 0.5) is 5.69 Å². The van der Waals surface area contributed by atoms with Gasteiger partial charge in [-0.25, -0.2) is 4.98 Å². The second-order valence-electron chi connectivity index (χ2n) is 6.11. The molecule has 0 atom stereocenters. The maximum Gasteiger partial charge on any atom is 0.270 e. The number of benzene rings is 3. The molecule has 27 heavy (non-hydrogen) atoms. The molecule has 0 unspecified atom stereocenters. The fourth-order valence-corrected chi connectivity index (χ4v) is 3.09. The maximum atomic E-state index is 11.2. The monoisotopic (exact) mass is 356 g/mol. The van der Waals surface area contributed by atoms with E-state index < -0.39 is 0 Å². The Morgan fingerprint density at radius 3 is 2.30 bits per heavy atom. The van der Waals surface area contributed by atoms with Crippen LogP contribution in [0, 0.1) is 10.1 Å². The van der Waals surface area contributed by atoms with E-state index in [1.165, 1.54) is 6.07 Å². The Kier molecular flexibility index (Phi) is 4.26. The predicted octanol–water partition coefficient (Wildman–Crippen LogP) is 5.49. The van der Waals surface area contributed by atoms with Crippen LogP contribution in [0.2, 0.25) is 0 Å². The lowest BCUT2D eigenvalue weighted by Crippen LogP contribution is -1.93. The van der Waals surface area contributed by atoms with E-state index in [4.69, 9.17) is 9.72 Å². The van der Waals surface area contributed by atoms with Crippen molar-refractivity contribution >= 4 is 16.6 Å². The smallest absolute Gasteiger partial charge is 0.270 e. The molecule has 1 heterocycles. The van der Waals surface area contributed by atoms with Gasteiger partial charge in [-0.05, 0) is 47.5 Å². The third-order valence-corrected chi connectivity index (χ3v) is 4.47. The Morgan fingerprint density at radius 2 is 1.63 bits per heavy atom. The van der Waals surface area contributed by atoms with Crippen molar-refractivity contribution in [2.75, 3.05) is 7.11 Å². The van der Waals surface area contributed by atoms with Crippen LogP contribution in [-0.4, -0.2) is 17.0 Å². The zero-order chi connectivity index (χ0) is 18.8. The van der Waals surface area contributed by atoms with Gasteiger partial charge in [0.05, 0.1) is 23.2 Å². The average molecular weight is 356 g/mol. The molecule has 3 aromatic carbocycles. The molecule has 0 fully saturated rings. The SMILES string of the molecule is COc1ccc(-c2cc(-c3ccccc3)c3cc([N+](=O)[O-])ccc3n2)cc1. The average Bonchev–Trinajstić information content (AvgIpc) is 2.73. The Labute approximate surface area is 156 Å². The topological polar surface area (TPSA) is 65.3 Å². The predicted molar refractivity (Wildman–Crippen MR) is 106 cm³/mol. The molecule has 0 saturated heterocycles. The van der Waals surface area contributed by atoms with Gasteiger partial charge in [0.2, 0.25) is 0 Å². The zero-order valence-corrected chi connectivity index (χ0v) is 14.6. The van der Waals surface area contributed by atoms with Gasteiger partial charge in [0.15, 0.2) is 0 Å². The maximum absolute atomic E-state index is 11.2. The lowest BCUT2D eigenvalue weighted by Gasteiger charge is -2.11. The highest BCUT2D eigenvalue weighted by molar-refractivity contribution is 5.97. The number of ether oxygens (including phenoxy) is 1. The second-order valence-corrected chi connectivity index (χ2v) is 6.11. The van der Waals surface area contributed by atoms with Crippen LogP contribution in [0.1, 0.15) is 0 Å². The zero-order valence-electron chi connectivity index (χ0n) is 14.6. The molecule has 4 aromatic rings. The van der Waals surface area contributed by atoms with Crippen LogP contribution < -0.4 is 4.74 Å². The van der Waals surface area contributed by atoms with Crippen LogP contribution >= 0.6 is 0 Å². The van der Waals surface area contributed by atoms with Crippen molar-refractivity contribution in [1.82, 2.24) is 4.98 Å². The number of aromatic nitrogens is 1. The van der Waals surface area contributed by atoms with Crippen molar-refractivity contribution in [3.05, 3.63) is 89.0 Å². The molecule has 1 aromatic heterocycles. The van der Waals surface area contributed by atoms with Gasteiger partial charge in [-0.2, -0.15) is 0 Å². The first-order chi connectivity index (χ1) is 13.2. The van der Waals surface area contributed by atoms with Crippen LogP contribution in [-0.2, 0) is 0 Å². The highest BCUT2D eigenvalue weighted by Gasteiger charge is 2.13. The van der Waals surface area contributed by atoms with Crippen molar-refractivity contribution in [3.8, 4) is 28.1 Å². The normalized spacial score (nSPS) is 10.7. The molecular weight excluding hydrogens is 340 g/mol. The quantitative estimate of drug-likeness (QED) is 0.358. The highest BCUT2D eigenvalue weighted by Crippen LogP contribution is 2.34. The minimum absolute atomic E-state index is 0.0543. The molecule has 4 rings (SSSR count). The number of non-ortho nitro benzene ring substituents is 1. The lowest BCUT2D eigenvalue weighted by molar-refractivity contribution is -0.384. The minimum Gasteiger partial charge on any atom is -0.497 e. The number of hydrogen-bond donors (Lipinski definition) is 0. The van der Waals surface area contributed by atoms with Crippen molar-refractivity contribution < 1.29 is 9.66 Å². The van der Waals surface area contributed by atoms with Gasteiger partial charge in [-0.1, -0.05) is 30.3 Å². The third-order valence-electron chi connectivity index (χ3n) is 4.47. The molecule has 132 valence electrons. The summed E-state index contributed by atoms with van der Waals surface area (Å²) < 4.78 is 5.22. The van der Waals surface area contributed by atoms with E-state index >= 15 is 0 Å². The first kappa shape index (κ1) is 16.7. The largest absolute Gasteiger partial charge is 0.497 e. The Bertz CT molecular complexity index is 1120. The van der Waals surface area contributed by atoms with E-state index in [2.05, 4.69) is 0 Å². The molecule has 0 aliphatic rings. The molecule has 0 saturated carbocycles. The minimum atomic E-state index is -0.383. The molecule has 0 amide bonds. The number of fused-ring (bicyclic) bond motifs is 1. The van der Waals surface area contributed by atoms with Crippen LogP contribution in [0.25, 0.3) is 33.3 Å². The number of pyridine rings is 1. The van der Waals surface area contributed by atoms with Crippen LogP contribution in [0.5, 0.6) is 5.75 Å². The van der Waals surface area contributed by atoms with Gasteiger partial charge in [0.1, 0.15) is 5.75 Å². The number of rotatable bonds is 4. The van der Waals surface area contributed by atoms with E-state index in [1.807, 2.05) is 60.7 Å². The molecule has 0 bridgehead atoms. The Hall–Kier alpha value is -3.73. The summed E-state index contributed by atoms with van der Waals surface area (Å²) in [4.78, 5) is 15.6. The fraction of sp³-hybridized carbons (Fsp3) is 0.0455. The highest BCUT2D eigenvalue weighted by atomic mass is 16.6. The standard InChI is InChI=1S/C22H16N2O3/c1-27-18-10-7-16(8-11-18)22-14-19(15-5-3-2-4-6-15)20-13-17(24(25)26)9-12-21(20)23-22/h2-14H,1H3. The molecule has 0 aliphatic carbocycles. The number of methoxy groups -OCH3 is 1. The first-order valence-electron chi connectivity index (χ1n) is 8.45. The number of hydrogen-bond acceptors (Lipinski definition) is 4. The van der Waals surface area contributed by atoms with Crippen molar-refractivity contribution in [2.45, 2.75) is 0 Å². The molecule has 5 nitrogen and oxygen atoms in total. The summed E-state index contributed by atoms with van der Waals surface area (Å²) in [6.07, 6.45) is 0. The van der Waals surface area contributed by atoms with Crippen LogP contribution in [0.3, 0.4) is 0 Å². The molecule has 0 N–H and O–H groups in total. The van der Waals surface area contributed by atoms with Crippen molar-refractivity contribution in [1.29, 1.82) is 0 Å². The van der Waals surface area contributed by atoms with Gasteiger partial charge < -0.3 is 4.74 Å². The van der Waals surface area contributed by atoms with Crippen molar-refractivity contribution in [3.63, 3.8) is 0 Å². The first-order valence-corrected chi connectivity index (χ1v) is 8.45. The third kappa shape index (κ3) is 3.22. The van der Waals surface area contributed by atoms with E-state index in [-0.39, 0.29) is 10.6 Å². The molecule has 0 radical (unpaired) electrons. The summed E-state index contributed by atoms with van der Waals surface area (Å²) in [6.45, 7) is 0. The second kappa shape index (κ2) is 6.88. The lowest BCUT2D eigenvalue weighted by atomic mass is 9.98. The van der Waals surface area contributed by atoms with Gasteiger partial charge in [-0.15, -0.1) is 0 Å². The Morgan fingerprint density at radius 1 is 0.889 bits per heavy atom. The van der Waals surface area contributed by atoms with Gasteiger partial charge in [0.25, 0.3) is 5.69 Å². The summed E-state index contributed by atoms with van der Waals surface area (Å²) in [6, 6.07) is 24.3. The van der Waals surface area contributed by atoms with E-state index in [1.54, 1.807) is 19.2 Å². The number of nitro groups is 1. The summed E-state index contributed by atoms with van der Waals surface area (Å²) in [7, 11) is 1.63. The van der Waals surface area contributed by atoms with E-state index in [0.717, 1.165) is 33.5 Å². The Balaban J connectivity index is 1.96. The number of nitrogens with zero attached hydrogens (tertiary/aromatic N) is 2. The summed E-state index contributed by atoms with van der Waals surface area (Å²) in [5.41, 5.74) is 4.42. The van der Waals surface area contributed by atoms with E-state index in [0.29, 0.717) is 5.52 Å². The molecule has 0 spiro atoms. The summed E-state index contributed by atoms with van der Waals surface area (Å²) in [5.74, 6) is 0.776. The van der Waals surface area contributed by atoms with E-state index in [9.17, 15) is 10.1 Å². The number of nitro benzene ring substituents is 1. The molecule has 0 aliphatic heterocycles. The molecule has 5 heteroatoms.